The van der Waals surface area contributed by atoms with Gasteiger partial charge in [-0.05, 0) is 74.5 Å². The zero-order valence-electron chi connectivity index (χ0n) is 15.9. The first-order valence-corrected chi connectivity index (χ1v) is 10.5. The van der Waals surface area contributed by atoms with E-state index in [9.17, 15) is 5.11 Å². The number of hydrogen-bond acceptors (Lipinski definition) is 3. The van der Waals surface area contributed by atoms with Gasteiger partial charge in [-0.15, -0.1) is 0 Å². The van der Waals surface area contributed by atoms with Crippen molar-refractivity contribution in [1.82, 2.24) is 0 Å². The molecule has 0 amide bonds. The van der Waals surface area contributed by atoms with Crippen LogP contribution in [0.1, 0.15) is 65.2 Å². The molecular formula is C22H34O3. The number of aliphatic hydroxyl groups is 1. The van der Waals surface area contributed by atoms with E-state index in [-0.39, 0.29) is 10.8 Å². The summed E-state index contributed by atoms with van der Waals surface area (Å²) in [5.41, 5.74) is 1.08. The van der Waals surface area contributed by atoms with Crippen LogP contribution in [0.4, 0.5) is 0 Å². The van der Waals surface area contributed by atoms with Gasteiger partial charge in [-0.3, -0.25) is 0 Å². The second-order valence-corrected chi connectivity index (χ2v) is 10.3. The Morgan fingerprint density at radius 2 is 1.84 bits per heavy atom. The standard InChI is InChI=1S/C22H34O3/c1-14-4-8-21(3)16-6-7-20(2)17(12-18-19(20)25-11-10-24-18)15(16)5-9-22(21,23)13-14/h15-19,23H,1,4-13H2,2-3H3/t15-,16+,17+,18?,19?,20+,21-,22?/m1/s1. The Kier molecular flexibility index (Phi) is 3.57. The number of fused-ring (bicyclic) bond motifs is 7. The van der Waals surface area contributed by atoms with E-state index < -0.39 is 5.60 Å². The van der Waals surface area contributed by atoms with Crippen molar-refractivity contribution >= 4 is 0 Å². The van der Waals surface area contributed by atoms with E-state index >= 15 is 0 Å². The molecule has 5 rings (SSSR count). The maximum atomic E-state index is 11.6. The molecule has 8 atom stereocenters. The van der Waals surface area contributed by atoms with Crippen molar-refractivity contribution in [3.8, 4) is 0 Å². The van der Waals surface area contributed by atoms with Gasteiger partial charge >= 0.3 is 0 Å². The molecule has 0 aromatic carbocycles. The Bertz CT molecular complexity index is 588. The molecule has 0 radical (unpaired) electrons. The molecule has 140 valence electrons. The van der Waals surface area contributed by atoms with Crippen LogP contribution in [-0.4, -0.2) is 36.1 Å². The van der Waals surface area contributed by atoms with Crippen molar-refractivity contribution in [2.24, 2.45) is 28.6 Å². The first-order valence-electron chi connectivity index (χ1n) is 10.5. The number of hydrogen-bond donors (Lipinski definition) is 1. The molecule has 4 saturated carbocycles. The minimum absolute atomic E-state index is 0.0634. The molecule has 0 aromatic heterocycles. The van der Waals surface area contributed by atoms with Crippen molar-refractivity contribution in [1.29, 1.82) is 0 Å². The molecule has 0 bridgehead atoms. The number of ether oxygens (including phenoxy) is 2. The maximum absolute atomic E-state index is 11.6. The van der Waals surface area contributed by atoms with Crippen LogP contribution in [0.25, 0.3) is 0 Å². The molecule has 5 fully saturated rings. The molecule has 3 heteroatoms. The molecule has 25 heavy (non-hydrogen) atoms. The molecular weight excluding hydrogens is 312 g/mol. The Labute approximate surface area is 152 Å². The molecule has 0 aromatic rings. The van der Waals surface area contributed by atoms with Crippen molar-refractivity contribution in [2.45, 2.75) is 83.0 Å². The van der Waals surface area contributed by atoms with E-state index in [1.54, 1.807) is 0 Å². The van der Waals surface area contributed by atoms with E-state index in [0.29, 0.717) is 24.0 Å². The normalized spacial score (nSPS) is 58.0. The van der Waals surface area contributed by atoms with Gasteiger partial charge in [-0.1, -0.05) is 26.0 Å². The van der Waals surface area contributed by atoms with E-state index in [2.05, 4.69) is 20.4 Å². The van der Waals surface area contributed by atoms with Crippen LogP contribution >= 0.6 is 0 Å². The van der Waals surface area contributed by atoms with Gasteiger partial charge in [-0.2, -0.15) is 0 Å². The summed E-state index contributed by atoms with van der Waals surface area (Å²) in [6, 6.07) is 0. The fourth-order valence-electron chi connectivity index (χ4n) is 7.94. The van der Waals surface area contributed by atoms with Crippen molar-refractivity contribution < 1.29 is 14.6 Å². The highest BCUT2D eigenvalue weighted by Crippen LogP contribution is 2.68. The summed E-state index contributed by atoms with van der Waals surface area (Å²) in [5, 5.41) is 11.6. The quantitative estimate of drug-likeness (QED) is 0.671. The largest absolute Gasteiger partial charge is 0.389 e. The second-order valence-electron chi connectivity index (χ2n) is 10.3. The molecule has 1 N–H and O–H groups in total. The summed E-state index contributed by atoms with van der Waals surface area (Å²) >= 11 is 0. The van der Waals surface area contributed by atoms with E-state index in [4.69, 9.17) is 9.47 Å². The lowest BCUT2D eigenvalue weighted by atomic mass is 9.43. The fraction of sp³-hybridized carbons (Fsp3) is 0.909. The van der Waals surface area contributed by atoms with E-state index in [0.717, 1.165) is 44.8 Å². The SMILES string of the molecule is C=C1CC[C@]2(C)[C@H]3CC[C@]4(C)C5OCCOC5C[C@H]4[C@@H]3CCC2(O)C1. The van der Waals surface area contributed by atoms with Gasteiger partial charge in [0.15, 0.2) is 0 Å². The highest BCUT2D eigenvalue weighted by Gasteiger charge is 2.66. The summed E-state index contributed by atoms with van der Waals surface area (Å²) in [6.07, 6.45) is 9.42. The molecule has 3 unspecified atom stereocenters. The minimum Gasteiger partial charge on any atom is -0.389 e. The molecule has 3 nitrogen and oxygen atoms in total. The van der Waals surface area contributed by atoms with Gasteiger partial charge < -0.3 is 14.6 Å². The topological polar surface area (TPSA) is 38.7 Å². The Morgan fingerprint density at radius 1 is 1.04 bits per heavy atom. The third kappa shape index (κ3) is 2.09. The first-order chi connectivity index (χ1) is 11.9. The van der Waals surface area contributed by atoms with Crippen molar-refractivity contribution in [3.63, 3.8) is 0 Å². The summed E-state index contributed by atoms with van der Waals surface area (Å²) in [4.78, 5) is 0. The van der Waals surface area contributed by atoms with E-state index in [1.807, 2.05) is 0 Å². The van der Waals surface area contributed by atoms with Crippen LogP contribution in [0.2, 0.25) is 0 Å². The van der Waals surface area contributed by atoms with Crippen LogP contribution in [-0.2, 0) is 9.47 Å². The van der Waals surface area contributed by atoms with Gasteiger partial charge in [0.1, 0.15) is 0 Å². The van der Waals surface area contributed by atoms with Crippen LogP contribution in [0.5, 0.6) is 0 Å². The summed E-state index contributed by atoms with van der Waals surface area (Å²) in [7, 11) is 0. The Balaban J connectivity index is 1.48. The van der Waals surface area contributed by atoms with Crippen LogP contribution in [0, 0.1) is 28.6 Å². The monoisotopic (exact) mass is 346 g/mol. The molecule has 0 spiro atoms. The molecule has 5 aliphatic rings. The zero-order valence-corrected chi connectivity index (χ0v) is 15.9. The van der Waals surface area contributed by atoms with Gasteiger partial charge in [0.05, 0.1) is 31.0 Å². The van der Waals surface area contributed by atoms with Gasteiger partial charge in [0.25, 0.3) is 0 Å². The fourth-order valence-corrected chi connectivity index (χ4v) is 7.94. The van der Waals surface area contributed by atoms with Crippen molar-refractivity contribution in [3.05, 3.63) is 12.2 Å². The predicted molar refractivity (Wildman–Crippen MR) is 97.2 cm³/mol. The third-order valence-electron chi connectivity index (χ3n) is 9.37. The van der Waals surface area contributed by atoms with Crippen LogP contribution in [0.15, 0.2) is 12.2 Å². The average Bonchev–Trinajstić information content (AvgIpc) is 2.89. The van der Waals surface area contributed by atoms with E-state index in [1.165, 1.54) is 31.3 Å². The van der Waals surface area contributed by atoms with Crippen LogP contribution < -0.4 is 0 Å². The Morgan fingerprint density at radius 3 is 2.68 bits per heavy atom. The smallest absolute Gasteiger partial charge is 0.0894 e. The first kappa shape index (κ1) is 16.8. The van der Waals surface area contributed by atoms with Gasteiger partial charge in [-0.25, -0.2) is 0 Å². The zero-order chi connectivity index (χ0) is 17.4. The summed E-state index contributed by atoms with van der Waals surface area (Å²) < 4.78 is 12.4. The molecule has 1 aliphatic heterocycles. The average molecular weight is 347 g/mol. The summed E-state index contributed by atoms with van der Waals surface area (Å²) in [5.74, 6) is 2.08. The lowest BCUT2D eigenvalue weighted by molar-refractivity contribution is -0.206. The minimum atomic E-state index is -0.518. The van der Waals surface area contributed by atoms with Crippen molar-refractivity contribution in [2.75, 3.05) is 13.2 Å². The lowest BCUT2D eigenvalue weighted by Crippen LogP contribution is -2.61. The van der Waals surface area contributed by atoms with Gasteiger partial charge in [0, 0.05) is 5.41 Å². The summed E-state index contributed by atoms with van der Waals surface area (Å²) in [6.45, 7) is 10.6. The highest BCUT2D eigenvalue weighted by molar-refractivity contribution is 5.20. The van der Waals surface area contributed by atoms with Gasteiger partial charge in [0.2, 0.25) is 0 Å². The highest BCUT2D eigenvalue weighted by atomic mass is 16.6. The third-order valence-corrected chi connectivity index (χ3v) is 9.37. The molecule has 1 heterocycles. The van der Waals surface area contributed by atoms with Crippen LogP contribution in [0.3, 0.4) is 0 Å². The predicted octanol–water partition coefficient (Wildman–Crippen LogP) is 4.09. The molecule has 1 saturated heterocycles. The molecule has 4 aliphatic carbocycles. The second kappa shape index (κ2) is 5.33. The Hall–Kier alpha value is -0.380. The number of rotatable bonds is 0. The lowest BCUT2D eigenvalue weighted by Gasteiger charge is -2.63. The maximum Gasteiger partial charge on any atom is 0.0894 e.